The van der Waals surface area contributed by atoms with E-state index in [0.717, 1.165) is 50.5 Å². The minimum atomic E-state index is -0.851. The van der Waals surface area contributed by atoms with E-state index in [-0.39, 0.29) is 22.3 Å². The zero-order valence-electron chi connectivity index (χ0n) is 24.0. The number of benzene rings is 1. The van der Waals surface area contributed by atoms with Gasteiger partial charge >= 0.3 is 0 Å². The van der Waals surface area contributed by atoms with Gasteiger partial charge in [0, 0.05) is 41.6 Å². The van der Waals surface area contributed by atoms with Crippen molar-refractivity contribution in [3.8, 4) is 0 Å². The SMILES string of the molecule is CC1(C)COC(C)(c2ccc([C@H]3C[C@]4(C)C(=O)CC[C@H]4[C@@H]4CC[C@@]5(O)CC6(CCOO6)CCC5=C43)cc2)OC1. The summed E-state index contributed by atoms with van der Waals surface area (Å²) in [5.41, 5.74) is 3.43. The Morgan fingerprint density at radius 1 is 0.923 bits per heavy atom. The lowest BCUT2D eigenvalue weighted by molar-refractivity contribution is -0.321. The monoisotopic (exact) mass is 536 g/mol. The third-order valence-corrected chi connectivity index (χ3v) is 11.4. The Morgan fingerprint density at radius 3 is 2.36 bits per heavy atom. The molecule has 0 amide bonds. The zero-order valence-corrected chi connectivity index (χ0v) is 24.0. The highest BCUT2D eigenvalue weighted by Gasteiger charge is 2.60. The first-order valence-electron chi connectivity index (χ1n) is 15.1. The third-order valence-electron chi connectivity index (χ3n) is 11.4. The molecule has 212 valence electrons. The number of ketones is 1. The van der Waals surface area contributed by atoms with Gasteiger partial charge in [0.15, 0.2) is 5.79 Å². The number of rotatable bonds is 2. The molecule has 1 aromatic rings. The predicted molar refractivity (Wildman–Crippen MR) is 146 cm³/mol. The molecule has 6 atom stereocenters. The van der Waals surface area contributed by atoms with Crippen molar-refractivity contribution in [3.05, 3.63) is 46.5 Å². The number of fused-ring (bicyclic) bond motifs is 4. The Morgan fingerprint density at radius 2 is 1.67 bits per heavy atom. The second-order valence-corrected chi connectivity index (χ2v) is 14.7. The van der Waals surface area contributed by atoms with Gasteiger partial charge in [-0.25, -0.2) is 9.78 Å². The van der Waals surface area contributed by atoms with Crippen LogP contribution in [0.2, 0.25) is 0 Å². The molecule has 5 fully saturated rings. The van der Waals surface area contributed by atoms with Gasteiger partial charge in [-0.05, 0) is 68.4 Å². The van der Waals surface area contributed by atoms with Gasteiger partial charge in [0.05, 0.1) is 25.4 Å². The van der Waals surface area contributed by atoms with E-state index < -0.39 is 11.4 Å². The van der Waals surface area contributed by atoms with Crippen LogP contribution in [-0.2, 0) is 29.8 Å². The molecule has 1 N–H and O–H groups in total. The Hall–Kier alpha value is -1.57. The molecular weight excluding hydrogens is 492 g/mol. The third kappa shape index (κ3) is 4.04. The molecule has 2 saturated heterocycles. The van der Waals surface area contributed by atoms with Crippen molar-refractivity contribution in [2.45, 2.75) is 108 Å². The maximum Gasteiger partial charge on any atom is 0.191 e. The van der Waals surface area contributed by atoms with Crippen LogP contribution in [-0.4, -0.2) is 41.9 Å². The normalized spacial score (nSPS) is 42.8. The van der Waals surface area contributed by atoms with Gasteiger partial charge in [-0.3, -0.25) is 4.79 Å². The fourth-order valence-electron chi connectivity index (χ4n) is 9.12. The van der Waals surface area contributed by atoms with E-state index in [1.54, 1.807) is 0 Å². The number of Topliss-reactive ketones (excluding diaryl/α,β-unsaturated/α-hetero) is 1. The number of hydrogen-bond donors (Lipinski definition) is 1. The van der Waals surface area contributed by atoms with Crippen molar-refractivity contribution in [1.82, 2.24) is 0 Å². The lowest BCUT2D eigenvalue weighted by Crippen LogP contribution is -2.52. The van der Waals surface area contributed by atoms with E-state index in [2.05, 4.69) is 45.0 Å². The minimum Gasteiger partial charge on any atom is -0.385 e. The predicted octanol–water partition coefficient (Wildman–Crippen LogP) is 6.12. The van der Waals surface area contributed by atoms with Crippen molar-refractivity contribution in [3.63, 3.8) is 0 Å². The fraction of sp³-hybridized carbons (Fsp3) is 0.727. The smallest absolute Gasteiger partial charge is 0.191 e. The lowest BCUT2D eigenvalue weighted by atomic mass is 9.51. The maximum atomic E-state index is 13.3. The first kappa shape index (κ1) is 26.3. The van der Waals surface area contributed by atoms with Gasteiger partial charge in [-0.2, -0.15) is 0 Å². The molecule has 7 rings (SSSR count). The standard InChI is InChI=1S/C33H44O6/c1-29(2)19-36-31(4,37-20-29)22-7-5-21(6-8-22)24-17-30(3)25(9-10-27(30)34)23-11-14-33(35)18-32(15-16-38-39-32)13-12-26(33)28(23)24/h5-8,23-25,35H,9-20H2,1-4H3/t23-,24+,25-,30-,32?,33+/m0/s1. The topological polar surface area (TPSA) is 74.2 Å². The molecule has 3 saturated carbocycles. The molecule has 0 radical (unpaired) electrons. The molecule has 6 heteroatoms. The highest BCUT2D eigenvalue weighted by Crippen LogP contribution is 2.64. The molecule has 1 aromatic carbocycles. The van der Waals surface area contributed by atoms with Gasteiger partial charge in [-0.1, -0.05) is 50.6 Å². The second kappa shape index (κ2) is 8.72. The largest absolute Gasteiger partial charge is 0.385 e. The number of ether oxygens (including phenoxy) is 2. The quantitative estimate of drug-likeness (QED) is 0.363. The van der Waals surface area contributed by atoms with E-state index >= 15 is 0 Å². The maximum absolute atomic E-state index is 13.3. The van der Waals surface area contributed by atoms with Crippen molar-refractivity contribution in [1.29, 1.82) is 0 Å². The summed E-state index contributed by atoms with van der Waals surface area (Å²) in [4.78, 5) is 24.4. The second-order valence-electron chi connectivity index (χ2n) is 14.7. The summed E-state index contributed by atoms with van der Waals surface area (Å²) < 4.78 is 12.4. The Bertz CT molecular complexity index is 1180. The van der Waals surface area contributed by atoms with Crippen LogP contribution in [0.5, 0.6) is 0 Å². The molecule has 1 spiro atoms. The highest BCUT2D eigenvalue weighted by atomic mass is 17.2. The van der Waals surface area contributed by atoms with Crippen LogP contribution in [0.3, 0.4) is 0 Å². The van der Waals surface area contributed by atoms with Gasteiger partial charge in [0.1, 0.15) is 11.4 Å². The summed E-state index contributed by atoms with van der Waals surface area (Å²) >= 11 is 0. The number of allylic oxidation sites excluding steroid dienone is 1. The Labute approximate surface area is 232 Å². The van der Waals surface area contributed by atoms with E-state index in [9.17, 15) is 9.90 Å². The molecule has 1 unspecified atom stereocenters. The number of aliphatic hydroxyl groups is 1. The molecule has 4 aliphatic carbocycles. The number of carbonyl (C=O) groups is 1. The van der Waals surface area contributed by atoms with E-state index in [1.165, 1.54) is 16.7 Å². The van der Waals surface area contributed by atoms with Crippen LogP contribution in [0.25, 0.3) is 0 Å². The zero-order chi connectivity index (χ0) is 27.3. The fourth-order valence-corrected chi connectivity index (χ4v) is 9.12. The van der Waals surface area contributed by atoms with Crippen molar-refractivity contribution in [2.75, 3.05) is 19.8 Å². The van der Waals surface area contributed by atoms with Crippen molar-refractivity contribution < 1.29 is 29.1 Å². The van der Waals surface area contributed by atoms with E-state index in [0.29, 0.717) is 50.3 Å². The van der Waals surface area contributed by atoms with Crippen LogP contribution < -0.4 is 0 Å². The van der Waals surface area contributed by atoms with Crippen LogP contribution >= 0.6 is 0 Å². The van der Waals surface area contributed by atoms with Crippen LogP contribution in [0, 0.1) is 22.7 Å². The van der Waals surface area contributed by atoms with E-state index in [1.807, 2.05) is 6.92 Å². The van der Waals surface area contributed by atoms with Gasteiger partial charge < -0.3 is 14.6 Å². The highest BCUT2D eigenvalue weighted by molar-refractivity contribution is 5.87. The van der Waals surface area contributed by atoms with Crippen LogP contribution in [0.1, 0.15) is 103 Å². The molecule has 6 aliphatic rings. The first-order valence-corrected chi connectivity index (χ1v) is 15.1. The molecule has 6 nitrogen and oxygen atoms in total. The van der Waals surface area contributed by atoms with Gasteiger partial charge in [0.25, 0.3) is 0 Å². The van der Waals surface area contributed by atoms with Crippen LogP contribution in [0.15, 0.2) is 35.4 Å². The average Bonchev–Trinajstić information content (AvgIpc) is 3.48. The summed E-state index contributed by atoms with van der Waals surface area (Å²) in [5.74, 6) is 0.534. The summed E-state index contributed by atoms with van der Waals surface area (Å²) in [5, 5.41) is 12.2. The minimum absolute atomic E-state index is 0.0102. The summed E-state index contributed by atoms with van der Waals surface area (Å²) in [6.07, 6.45) is 7.36. The lowest BCUT2D eigenvalue weighted by Gasteiger charge is -2.55. The van der Waals surface area contributed by atoms with Gasteiger partial charge in [-0.15, -0.1) is 0 Å². The summed E-state index contributed by atoms with van der Waals surface area (Å²) in [6.45, 7) is 10.5. The molecule has 2 heterocycles. The average molecular weight is 537 g/mol. The van der Waals surface area contributed by atoms with Crippen molar-refractivity contribution in [2.24, 2.45) is 22.7 Å². The molecule has 39 heavy (non-hydrogen) atoms. The number of carbonyl (C=O) groups excluding carboxylic acids is 1. The van der Waals surface area contributed by atoms with E-state index in [4.69, 9.17) is 19.2 Å². The van der Waals surface area contributed by atoms with Crippen LogP contribution in [0.4, 0.5) is 0 Å². The Balaban J connectivity index is 1.27. The molecule has 0 bridgehead atoms. The van der Waals surface area contributed by atoms with Gasteiger partial charge in [0.2, 0.25) is 0 Å². The molecular formula is C33H44O6. The summed E-state index contributed by atoms with van der Waals surface area (Å²) in [7, 11) is 0. The summed E-state index contributed by atoms with van der Waals surface area (Å²) in [6, 6.07) is 8.73. The molecule has 2 aliphatic heterocycles. The Kier molecular flexibility index (Phi) is 5.89. The van der Waals surface area contributed by atoms with Crippen molar-refractivity contribution >= 4 is 5.78 Å². The molecule has 0 aromatic heterocycles. The number of hydrogen-bond acceptors (Lipinski definition) is 6. The first-order chi connectivity index (χ1) is 18.5.